The average Bonchev–Trinajstić information content (AvgIpc) is 3.40. The van der Waals surface area contributed by atoms with Crippen molar-refractivity contribution in [2.75, 3.05) is 17.2 Å². The van der Waals surface area contributed by atoms with E-state index in [9.17, 15) is 24.0 Å². The molecule has 1 heterocycles. The molecule has 5 amide bonds. The van der Waals surface area contributed by atoms with E-state index in [1.165, 1.54) is 6.92 Å². The van der Waals surface area contributed by atoms with Crippen LogP contribution in [0, 0.1) is 5.41 Å². The van der Waals surface area contributed by atoms with Crippen LogP contribution < -0.4 is 32.3 Å². The van der Waals surface area contributed by atoms with E-state index in [1.807, 2.05) is 42.5 Å². The van der Waals surface area contributed by atoms with Gasteiger partial charge in [-0.3, -0.25) is 14.4 Å². The smallest absolute Gasteiger partial charge is 0.387 e. The first-order valence-corrected chi connectivity index (χ1v) is 16.9. The molecule has 0 radical (unpaired) electrons. The van der Waals surface area contributed by atoms with Crippen LogP contribution in [0.3, 0.4) is 0 Å². The number of alkyl carbamates (subject to hydrolysis) is 1. The largest absolute Gasteiger partial charge is 0.412 e. The van der Waals surface area contributed by atoms with Gasteiger partial charge in [0, 0.05) is 37.7 Å². The van der Waals surface area contributed by atoms with Crippen molar-refractivity contribution in [1.82, 2.24) is 20.9 Å². The van der Waals surface area contributed by atoms with E-state index < -0.39 is 35.0 Å². The lowest BCUT2D eigenvalue weighted by Crippen LogP contribution is -2.59. The van der Waals surface area contributed by atoms with Gasteiger partial charge in [-0.25, -0.2) is 14.6 Å². The number of nitrogens with two attached hydrogens (primary N) is 1. The number of thiazole rings is 1. The highest BCUT2D eigenvalue weighted by Crippen LogP contribution is 2.37. The second-order valence-corrected chi connectivity index (χ2v) is 14.6. The Balaban J connectivity index is 1.69. The lowest BCUT2D eigenvalue weighted by atomic mass is 9.90. The predicted octanol–water partition coefficient (Wildman–Crippen LogP) is 5.05. The standard InChI is InChI=1S/C35H47N7O7S/c1-22(43)39-31-40-26(28(50-31)29(45)37-20-19-27(44)38-21-24-11-9-8-10-12-24)18-15-23-13-16-25(17-14-23)41-35(33(2,3)4,48-30(36)46)49-32(47)42-34(5,6)7/h8-14,16-17,41H,15,18-21H2,1-7H3,(H2,36,46)(H,37,45)(H,38,44)(H,42,47)(H,39,40,43). The molecule has 0 bridgehead atoms. The minimum Gasteiger partial charge on any atom is -0.387 e. The van der Waals surface area contributed by atoms with Crippen LogP contribution in [0.4, 0.5) is 20.4 Å². The highest BCUT2D eigenvalue weighted by molar-refractivity contribution is 7.17. The average molecular weight is 710 g/mol. The summed E-state index contributed by atoms with van der Waals surface area (Å²) < 4.78 is 11.1. The van der Waals surface area contributed by atoms with Crippen LogP contribution in [-0.4, -0.2) is 52.9 Å². The van der Waals surface area contributed by atoms with Crippen molar-refractivity contribution < 1.29 is 33.4 Å². The summed E-state index contributed by atoms with van der Waals surface area (Å²) in [6.45, 7) is 12.4. The molecule has 0 saturated heterocycles. The van der Waals surface area contributed by atoms with Gasteiger partial charge in [0.15, 0.2) is 5.13 Å². The maximum atomic E-state index is 13.1. The van der Waals surface area contributed by atoms with Gasteiger partial charge in [0.05, 0.1) is 11.1 Å². The van der Waals surface area contributed by atoms with Crippen molar-refractivity contribution in [2.24, 2.45) is 11.1 Å². The van der Waals surface area contributed by atoms with Gasteiger partial charge in [0.25, 0.3) is 5.91 Å². The number of amides is 5. The minimum absolute atomic E-state index is 0.0962. The molecule has 0 fully saturated rings. The maximum Gasteiger partial charge on any atom is 0.412 e. The number of carbonyl (C=O) groups excluding carboxylic acids is 5. The highest BCUT2D eigenvalue weighted by atomic mass is 32.1. The zero-order valence-corrected chi connectivity index (χ0v) is 30.3. The number of carbonyl (C=O) groups is 5. The van der Waals surface area contributed by atoms with Crippen molar-refractivity contribution in [3.8, 4) is 0 Å². The molecule has 7 N–H and O–H groups in total. The molecule has 3 rings (SSSR count). The van der Waals surface area contributed by atoms with Gasteiger partial charge >= 0.3 is 18.1 Å². The van der Waals surface area contributed by atoms with Gasteiger partial charge in [0.1, 0.15) is 4.88 Å². The number of hydrogen-bond donors (Lipinski definition) is 6. The van der Waals surface area contributed by atoms with Crippen molar-refractivity contribution in [1.29, 1.82) is 0 Å². The molecule has 3 aromatic rings. The van der Waals surface area contributed by atoms with Crippen LogP contribution in [0.15, 0.2) is 54.6 Å². The Morgan fingerprint density at radius 2 is 1.50 bits per heavy atom. The van der Waals surface area contributed by atoms with E-state index in [-0.39, 0.29) is 24.8 Å². The second kappa shape index (κ2) is 17.0. The van der Waals surface area contributed by atoms with Crippen LogP contribution in [0.5, 0.6) is 0 Å². The van der Waals surface area contributed by atoms with Gasteiger partial charge in [-0.1, -0.05) is 74.6 Å². The van der Waals surface area contributed by atoms with Crippen LogP contribution in [0.2, 0.25) is 0 Å². The molecule has 1 aromatic heterocycles. The molecule has 1 atom stereocenters. The Morgan fingerprint density at radius 3 is 2.08 bits per heavy atom. The van der Waals surface area contributed by atoms with Crippen LogP contribution in [0.1, 0.15) is 81.4 Å². The molecule has 270 valence electrons. The Labute approximate surface area is 296 Å². The van der Waals surface area contributed by atoms with E-state index in [2.05, 4.69) is 31.6 Å². The maximum absolute atomic E-state index is 13.1. The number of nitrogens with one attached hydrogen (secondary N) is 5. The summed E-state index contributed by atoms with van der Waals surface area (Å²) in [4.78, 5) is 66.7. The molecule has 0 saturated carbocycles. The van der Waals surface area contributed by atoms with Crippen molar-refractivity contribution in [3.05, 3.63) is 76.3 Å². The monoisotopic (exact) mass is 709 g/mol. The van der Waals surface area contributed by atoms with Crippen molar-refractivity contribution in [3.63, 3.8) is 0 Å². The lowest BCUT2D eigenvalue weighted by molar-refractivity contribution is -0.202. The predicted molar refractivity (Wildman–Crippen MR) is 191 cm³/mol. The Morgan fingerprint density at radius 1 is 0.840 bits per heavy atom. The molecule has 0 aliphatic rings. The number of hydrogen-bond acceptors (Lipinski definition) is 10. The fourth-order valence-corrected chi connectivity index (χ4v) is 5.51. The van der Waals surface area contributed by atoms with Gasteiger partial charge in [0.2, 0.25) is 11.8 Å². The second-order valence-electron chi connectivity index (χ2n) is 13.6. The van der Waals surface area contributed by atoms with Crippen LogP contribution in [0.25, 0.3) is 0 Å². The van der Waals surface area contributed by atoms with E-state index in [4.69, 9.17) is 15.2 Å². The van der Waals surface area contributed by atoms with Gasteiger partial charge in [-0.05, 0) is 56.9 Å². The summed E-state index contributed by atoms with van der Waals surface area (Å²) in [5.74, 6) is -2.87. The molecule has 0 aliphatic carbocycles. The minimum atomic E-state index is -1.96. The van der Waals surface area contributed by atoms with Gasteiger partial charge < -0.3 is 41.8 Å². The Bertz CT molecular complexity index is 1650. The molecular formula is C35H47N7O7S. The van der Waals surface area contributed by atoms with Gasteiger partial charge in [-0.15, -0.1) is 0 Å². The molecule has 2 aromatic carbocycles. The zero-order chi connectivity index (χ0) is 37.1. The molecule has 0 aliphatic heterocycles. The number of primary amides is 1. The lowest BCUT2D eigenvalue weighted by Gasteiger charge is -2.42. The summed E-state index contributed by atoms with van der Waals surface area (Å²) in [7, 11) is 0. The molecule has 1 unspecified atom stereocenters. The summed E-state index contributed by atoms with van der Waals surface area (Å²) in [6, 6.07) is 16.6. The summed E-state index contributed by atoms with van der Waals surface area (Å²) in [5.41, 5.74) is 6.64. The van der Waals surface area contributed by atoms with Crippen molar-refractivity contribution in [2.45, 2.75) is 85.7 Å². The third-order valence-electron chi connectivity index (χ3n) is 7.02. The van der Waals surface area contributed by atoms with E-state index in [0.717, 1.165) is 22.5 Å². The van der Waals surface area contributed by atoms with Crippen LogP contribution in [-0.2, 0) is 38.4 Å². The summed E-state index contributed by atoms with van der Waals surface area (Å²) in [6.07, 6.45) is -1.00. The quantitative estimate of drug-likeness (QED) is 0.124. The molecule has 50 heavy (non-hydrogen) atoms. The fraction of sp³-hybridized carbons (Fsp3) is 0.429. The number of benzene rings is 2. The SMILES string of the molecule is CC(=O)Nc1nc(CCc2ccc(NC(OC(N)=O)(OC(=O)NC(C)(C)C)C(C)(C)C)cc2)c(C(=O)NCCC(=O)NCc2ccccc2)s1. The zero-order valence-electron chi connectivity index (χ0n) is 29.5. The van der Waals surface area contributed by atoms with Crippen LogP contribution >= 0.6 is 11.3 Å². The fourth-order valence-electron chi connectivity index (χ4n) is 4.53. The van der Waals surface area contributed by atoms with Gasteiger partial charge in [-0.2, -0.15) is 0 Å². The first kappa shape index (κ1) is 39.3. The topological polar surface area (TPSA) is 203 Å². The van der Waals surface area contributed by atoms with Crippen molar-refractivity contribution >= 4 is 52.1 Å². The third-order valence-corrected chi connectivity index (χ3v) is 8.03. The molecule has 14 nitrogen and oxygen atoms in total. The van der Waals surface area contributed by atoms with E-state index in [1.54, 1.807) is 53.7 Å². The Hall–Kier alpha value is -5.18. The number of aromatic nitrogens is 1. The molecular weight excluding hydrogens is 662 g/mol. The first-order chi connectivity index (χ1) is 23.4. The highest BCUT2D eigenvalue weighted by Gasteiger charge is 2.50. The van der Waals surface area contributed by atoms with E-state index in [0.29, 0.717) is 40.8 Å². The number of aryl methyl sites for hydroxylation is 2. The number of rotatable bonds is 14. The van der Waals surface area contributed by atoms with E-state index >= 15 is 0 Å². The normalized spacial score (nSPS) is 12.5. The Kier molecular flexibility index (Phi) is 13.3. The number of ether oxygens (including phenoxy) is 2. The first-order valence-electron chi connectivity index (χ1n) is 16.1. The molecule has 0 spiro atoms. The number of nitrogens with zero attached hydrogens (tertiary/aromatic N) is 1. The summed E-state index contributed by atoms with van der Waals surface area (Å²) >= 11 is 1.06. The summed E-state index contributed by atoms with van der Waals surface area (Å²) in [5, 5.41) is 14.3. The third kappa shape index (κ3) is 12.4. The molecule has 15 heteroatoms. The number of anilines is 2.